The molecule has 0 bridgehead atoms. The topological polar surface area (TPSA) is 133 Å². The van der Waals surface area contributed by atoms with Crippen LogP contribution in [-0.2, 0) is 40.3 Å². The fraction of sp³-hybridized carbons (Fsp3) is 0.458. The summed E-state index contributed by atoms with van der Waals surface area (Å²) < 4.78 is -1.28. The summed E-state index contributed by atoms with van der Waals surface area (Å²) >= 11 is 0. The number of quaternary nitrogens is 1. The van der Waals surface area contributed by atoms with Gasteiger partial charge in [0, 0.05) is 68.1 Å². The van der Waals surface area contributed by atoms with Crippen LogP contribution in [0.3, 0.4) is 0 Å². The number of hydrogen-bond donors (Lipinski definition) is 2. The van der Waals surface area contributed by atoms with E-state index in [1.807, 2.05) is 29.2 Å². The number of imide groups is 1. The highest BCUT2D eigenvalue weighted by Crippen LogP contribution is 2.48. The van der Waals surface area contributed by atoms with E-state index < -0.39 is 28.4 Å². The van der Waals surface area contributed by atoms with Crippen molar-refractivity contribution >= 4 is 29.3 Å². The molecule has 10 rings (SSSR count). The number of anilines is 1. The lowest BCUT2D eigenvalue weighted by Gasteiger charge is -2.54. The summed E-state index contributed by atoms with van der Waals surface area (Å²) in [6, 6.07) is 17.9. The number of likely N-dealkylation sites (tertiary alicyclic amines) is 1. The van der Waals surface area contributed by atoms with Crippen LogP contribution in [0.4, 0.5) is 5.69 Å². The van der Waals surface area contributed by atoms with Crippen LogP contribution in [0.2, 0.25) is 0 Å². The molecule has 11 heteroatoms. The lowest BCUT2D eigenvalue weighted by Crippen LogP contribution is -2.63. The zero-order chi connectivity index (χ0) is 40.5. The van der Waals surface area contributed by atoms with Gasteiger partial charge in [0.25, 0.3) is 5.91 Å². The maximum atomic E-state index is 13.9. The van der Waals surface area contributed by atoms with Crippen LogP contribution in [0, 0.1) is 22.5 Å². The number of nitrogens with one attached hydrogen (secondary N) is 1. The minimum Gasteiger partial charge on any atom is -0.624 e. The number of rotatable bonds is 6. The third-order valence-corrected chi connectivity index (χ3v) is 14.8. The van der Waals surface area contributed by atoms with E-state index in [1.54, 1.807) is 0 Å². The van der Waals surface area contributed by atoms with Crippen LogP contribution in [0.15, 0.2) is 78.9 Å². The SMILES string of the molecule is O=C1CCC([N+]2([O-])Cc3cc4c(cc3C2=O)CN(CC(=O)N2CC3(CCN(c5ccc([C@@H]6c7ccc(O)cc7CC[C@@H]6C6C=CC=CC6)cc5)CC3)C2)CCC4)C(=O)N1. The number of amides is 4. The molecule has 2 aliphatic carbocycles. The summed E-state index contributed by atoms with van der Waals surface area (Å²) in [4.78, 5) is 58.2. The van der Waals surface area contributed by atoms with Gasteiger partial charge >= 0.3 is 5.91 Å². The Morgan fingerprint density at radius 3 is 2.46 bits per heavy atom. The van der Waals surface area contributed by atoms with E-state index >= 15 is 0 Å². The number of hydroxylamine groups is 3. The van der Waals surface area contributed by atoms with E-state index in [0.29, 0.717) is 41.8 Å². The minimum absolute atomic E-state index is 0.0515. The first-order chi connectivity index (χ1) is 28.6. The third-order valence-electron chi connectivity index (χ3n) is 14.8. The number of allylic oxidation sites excluding steroid dienone is 4. The Labute approximate surface area is 345 Å². The van der Waals surface area contributed by atoms with Crippen molar-refractivity contribution in [2.24, 2.45) is 17.3 Å². The lowest BCUT2D eigenvalue weighted by molar-refractivity contribution is -0.825. The predicted octanol–water partition coefficient (Wildman–Crippen LogP) is 5.87. The van der Waals surface area contributed by atoms with E-state index in [-0.39, 0.29) is 36.6 Å². The van der Waals surface area contributed by atoms with Crippen molar-refractivity contribution in [2.45, 2.75) is 82.8 Å². The highest BCUT2D eigenvalue weighted by atomic mass is 16.6. The number of nitrogens with zero attached hydrogens (tertiary/aromatic N) is 4. The summed E-state index contributed by atoms with van der Waals surface area (Å²) in [5.74, 6) is 0.0791. The Balaban J connectivity index is 0.746. The Bertz CT molecular complexity index is 2270. The maximum absolute atomic E-state index is 13.9. The van der Waals surface area contributed by atoms with E-state index in [2.05, 4.69) is 69.8 Å². The summed E-state index contributed by atoms with van der Waals surface area (Å²) in [7, 11) is 0. The summed E-state index contributed by atoms with van der Waals surface area (Å²) in [5, 5.41) is 26.4. The zero-order valence-corrected chi connectivity index (χ0v) is 33.6. The molecule has 0 aromatic heterocycles. The van der Waals surface area contributed by atoms with Gasteiger partial charge in [-0.15, -0.1) is 0 Å². The Morgan fingerprint density at radius 1 is 0.881 bits per heavy atom. The molecule has 0 saturated carbocycles. The van der Waals surface area contributed by atoms with Crippen molar-refractivity contribution in [2.75, 3.05) is 44.2 Å². The summed E-state index contributed by atoms with van der Waals surface area (Å²) in [6.45, 7) is 5.03. The monoisotopic (exact) mass is 795 g/mol. The van der Waals surface area contributed by atoms with Crippen molar-refractivity contribution in [1.29, 1.82) is 0 Å². The number of phenolic OH excluding ortho intramolecular Hbond substituents is 1. The molecule has 0 radical (unpaired) electrons. The van der Waals surface area contributed by atoms with Gasteiger partial charge in [-0.05, 0) is 128 Å². The molecule has 5 atom stereocenters. The first kappa shape index (κ1) is 38.1. The number of aryl methyl sites for hydroxylation is 2. The molecule has 11 nitrogen and oxygen atoms in total. The van der Waals surface area contributed by atoms with Crippen LogP contribution in [0.5, 0.6) is 5.75 Å². The molecule has 7 aliphatic rings. The smallest absolute Gasteiger partial charge is 0.347 e. The van der Waals surface area contributed by atoms with Crippen molar-refractivity contribution in [3.8, 4) is 5.75 Å². The largest absolute Gasteiger partial charge is 0.624 e. The second-order valence-electron chi connectivity index (χ2n) is 18.4. The molecule has 59 heavy (non-hydrogen) atoms. The van der Waals surface area contributed by atoms with E-state index in [1.165, 1.54) is 22.4 Å². The van der Waals surface area contributed by atoms with Gasteiger partial charge in [0.1, 0.15) is 12.3 Å². The van der Waals surface area contributed by atoms with Gasteiger partial charge in [-0.3, -0.25) is 29.2 Å². The van der Waals surface area contributed by atoms with Crippen molar-refractivity contribution in [3.05, 3.63) is 123 Å². The van der Waals surface area contributed by atoms with E-state index in [4.69, 9.17) is 0 Å². The molecule has 3 aromatic carbocycles. The first-order valence-corrected chi connectivity index (χ1v) is 21.7. The van der Waals surface area contributed by atoms with Crippen LogP contribution in [0.25, 0.3) is 0 Å². The number of phenols is 1. The van der Waals surface area contributed by atoms with Crippen molar-refractivity contribution in [3.63, 3.8) is 0 Å². The predicted molar refractivity (Wildman–Crippen MR) is 223 cm³/mol. The molecule has 1 spiro atoms. The van der Waals surface area contributed by atoms with Crippen molar-refractivity contribution < 1.29 is 28.9 Å². The zero-order valence-electron chi connectivity index (χ0n) is 33.6. The normalized spacial score (nSPS) is 28.7. The molecular formula is C48H53N5O6. The third kappa shape index (κ3) is 6.90. The number of carbonyl (C=O) groups excluding carboxylic acids is 4. The van der Waals surface area contributed by atoms with Crippen LogP contribution >= 0.6 is 0 Å². The summed E-state index contributed by atoms with van der Waals surface area (Å²) in [6.07, 6.45) is 16.1. The molecule has 3 aromatic rings. The Kier molecular flexibility index (Phi) is 9.61. The molecule has 4 amide bonds. The Hall–Kier alpha value is -5.10. The van der Waals surface area contributed by atoms with Gasteiger partial charge in [0.15, 0.2) is 6.04 Å². The number of benzene rings is 3. The average Bonchev–Trinajstić information content (AvgIpc) is 3.33. The van der Waals surface area contributed by atoms with Gasteiger partial charge in [-0.1, -0.05) is 42.5 Å². The van der Waals surface area contributed by atoms with Gasteiger partial charge < -0.3 is 20.1 Å². The molecular weight excluding hydrogens is 743 g/mol. The molecule has 3 fully saturated rings. The maximum Gasteiger partial charge on any atom is 0.347 e. The second kappa shape index (κ2) is 14.9. The molecule has 5 heterocycles. The van der Waals surface area contributed by atoms with Gasteiger partial charge in [0.05, 0.1) is 12.1 Å². The number of fused-ring (bicyclic) bond motifs is 3. The quantitative estimate of drug-likeness (QED) is 0.180. The average molecular weight is 796 g/mol. The number of carbonyl (C=O) groups is 4. The summed E-state index contributed by atoms with van der Waals surface area (Å²) in [5.41, 5.74) is 8.44. The number of aromatic hydroxyl groups is 1. The molecule has 3 saturated heterocycles. The minimum atomic E-state index is -1.28. The van der Waals surface area contributed by atoms with Gasteiger partial charge in [-0.25, -0.2) is 4.79 Å². The highest BCUT2D eigenvalue weighted by molar-refractivity contribution is 6.02. The second-order valence-corrected chi connectivity index (χ2v) is 18.4. The van der Waals surface area contributed by atoms with Gasteiger partial charge in [-0.2, -0.15) is 0 Å². The van der Waals surface area contributed by atoms with Crippen molar-refractivity contribution in [1.82, 2.24) is 15.1 Å². The fourth-order valence-electron chi connectivity index (χ4n) is 11.6. The van der Waals surface area contributed by atoms with E-state index in [9.17, 15) is 29.5 Å². The fourth-order valence-corrected chi connectivity index (χ4v) is 11.6. The van der Waals surface area contributed by atoms with Crippen LogP contribution < -0.4 is 10.2 Å². The van der Waals surface area contributed by atoms with Crippen LogP contribution in [0.1, 0.15) is 94.6 Å². The molecule has 3 unspecified atom stereocenters. The lowest BCUT2D eigenvalue weighted by atomic mass is 9.66. The Morgan fingerprint density at radius 2 is 1.69 bits per heavy atom. The number of hydrogen-bond acceptors (Lipinski definition) is 8. The first-order valence-electron chi connectivity index (χ1n) is 21.7. The molecule has 5 aliphatic heterocycles. The number of piperidine rings is 2. The van der Waals surface area contributed by atoms with Crippen LogP contribution in [-0.4, -0.2) is 88.5 Å². The van der Waals surface area contributed by atoms with E-state index in [0.717, 1.165) is 88.8 Å². The molecule has 2 N–H and O–H groups in total. The molecule has 306 valence electrons. The standard InChI is InChI=1S/C48H53N5O6/c54-38-13-15-40-34(24-38)10-14-39(31-5-2-1-3-6-31)45(40)32-8-11-37(12-9-32)51-21-18-48(19-22-51)29-52(30-48)44(56)27-50-20-4-7-33-23-36-28-53(59,42-16-17-43(55)49-46(42)57)47(58)41(36)25-35(33)26-50/h1-3,5,8-9,11-13,15,23-25,31,39,42,45,54H,4,6-7,10,14,16-22,26-30H2,(H,49,55,57)/t31?,39-,42?,45+,53?/m1/s1. The van der Waals surface area contributed by atoms with Gasteiger partial charge in [0.2, 0.25) is 11.8 Å². The highest BCUT2D eigenvalue weighted by Gasteiger charge is 2.50.